The Labute approximate surface area is 139 Å². The summed E-state index contributed by atoms with van der Waals surface area (Å²) in [4.78, 5) is 24.7. The highest BCUT2D eigenvalue weighted by molar-refractivity contribution is 5.87. The van der Waals surface area contributed by atoms with E-state index in [1.807, 2.05) is 0 Å². The van der Waals surface area contributed by atoms with E-state index in [9.17, 15) is 9.59 Å². The minimum Gasteiger partial charge on any atom is -0.300 e. The quantitative estimate of drug-likeness (QED) is 0.657. The first-order chi connectivity index (χ1) is 10.8. The van der Waals surface area contributed by atoms with E-state index in [1.165, 1.54) is 19.3 Å². The van der Waals surface area contributed by atoms with E-state index in [0.29, 0.717) is 33.7 Å². The van der Waals surface area contributed by atoms with Crippen LogP contribution in [-0.4, -0.2) is 11.6 Å². The molecule has 2 heteroatoms. The fraction of sp³-hybridized carbons (Fsp3) is 0.905. The van der Waals surface area contributed by atoms with E-state index in [0.717, 1.165) is 50.4 Å². The average molecular weight is 314 g/mol. The van der Waals surface area contributed by atoms with Crippen LogP contribution in [0.3, 0.4) is 0 Å². The van der Waals surface area contributed by atoms with Crippen LogP contribution in [0.25, 0.3) is 0 Å². The van der Waals surface area contributed by atoms with Gasteiger partial charge in [0.05, 0.1) is 0 Å². The van der Waals surface area contributed by atoms with Crippen molar-refractivity contribution in [3.63, 3.8) is 0 Å². The fourth-order valence-electron chi connectivity index (χ4n) is 9.00. The zero-order chi connectivity index (χ0) is 16.3. The molecule has 0 N–H and O–H groups in total. The smallest absolute Gasteiger partial charge is 0.139 e. The molecule has 0 radical (unpaired) electrons. The molecule has 0 aromatic rings. The number of carbonyl (C=O) groups excluding carboxylic acids is 2. The molecule has 0 aliphatic heterocycles. The summed E-state index contributed by atoms with van der Waals surface area (Å²) in [7, 11) is 0. The van der Waals surface area contributed by atoms with E-state index in [2.05, 4.69) is 20.8 Å². The first kappa shape index (κ1) is 14.7. The van der Waals surface area contributed by atoms with Gasteiger partial charge in [0.25, 0.3) is 0 Å². The van der Waals surface area contributed by atoms with E-state index in [1.54, 1.807) is 0 Å². The second kappa shape index (κ2) is 3.94. The molecule has 5 aliphatic rings. The highest BCUT2D eigenvalue weighted by Gasteiger charge is 2.86. The summed E-state index contributed by atoms with van der Waals surface area (Å²) in [6.07, 6.45) is 9.63. The highest BCUT2D eigenvalue weighted by atomic mass is 16.1. The van der Waals surface area contributed by atoms with E-state index in [4.69, 9.17) is 0 Å². The molecule has 5 saturated carbocycles. The van der Waals surface area contributed by atoms with Crippen molar-refractivity contribution < 1.29 is 9.59 Å². The summed E-state index contributed by atoms with van der Waals surface area (Å²) in [5.74, 6) is 3.23. The van der Waals surface area contributed by atoms with Gasteiger partial charge < -0.3 is 0 Å². The molecule has 0 aromatic carbocycles. The van der Waals surface area contributed by atoms with Gasteiger partial charge in [-0.15, -0.1) is 0 Å². The fourth-order valence-corrected chi connectivity index (χ4v) is 9.00. The third kappa shape index (κ3) is 1.30. The van der Waals surface area contributed by atoms with Crippen LogP contribution in [0.1, 0.15) is 78.6 Å². The molecule has 2 nitrogen and oxygen atoms in total. The van der Waals surface area contributed by atoms with Gasteiger partial charge in [0.15, 0.2) is 0 Å². The molecule has 5 rings (SSSR count). The Bertz CT molecular complexity index is 619. The lowest BCUT2D eigenvalue weighted by Crippen LogP contribution is -2.49. The number of Topliss-reactive ketones (excluding diaryl/α,β-unsaturated/α-hetero) is 2. The highest BCUT2D eigenvalue weighted by Crippen LogP contribution is 2.91. The molecule has 0 bridgehead atoms. The Balaban J connectivity index is 1.56. The minimum atomic E-state index is -0.0126. The molecule has 0 amide bonds. The lowest BCUT2D eigenvalue weighted by atomic mass is 9.50. The van der Waals surface area contributed by atoms with Crippen molar-refractivity contribution in [3.8, 4) is 0 Å². The normalized spacial score (nSPS) is 56.4. The van der Waals surface area contributed by atoms with E-state index in [-0.39, 0.29) is 5.41 Å². The molecule has 0 spiro atoms. The summed E-state index contributed by atoms with van der Waals surface area (Å²) in [5.41, 5.74) is 1.06. The number of fused-ring (bicyclic) bond motifs is 3. The number of hydrogen-bond donors (Lipinski definition) is 0. The van der Waals surface area contributed by atoms with Crippen LogP contribution in [0, 0.1) is 39.4 Å². The van der Waals surface area contributed by atoms with Gasteiger partial charge >= 0.3 is 0 Å². The average Bonchev–Trinajstić information content (AvgIpc) is 2.77. The largest absolute Gasteiger partial charge is 0.300 e. The van der Waals surface area contributed by atoms with Crippen LogP contribution in [0.15, 0.2) is 0 Å². The Kier molecular flexibility index (Phi) is 2.51. The second-order valence-corrected chi connectivity index (χ2v) is 10.2. The molecule has 2 unspecified atom stereocenters. The van der Waals surface area contributed by atoms with Gasteiger partial charge in [-0.1, -0.05) is 20.8 Å². The number of ketones is 2. The standard InChI is InChI=1S/C21H30O2/c1-18(2)20-10-7-14-15-4-5-17(23)19(15,3)9-8-16(14)21(18,20)11-6-13(22)12-20/h14-16H,4-12H2,1-3H3/t14-,15-,16-,19-,20?,21?/m0/s1. The first-order valence-electron chi connectivity index (χ1n) is 9.85. The maximum atomic E-state index is 12.5. The van der Waals surface area contributed by atoms with Gasteiger partial charge in [-0.05, 0) is 72.5 Å². The summed E-state index contributed by atoms with van der Waals surface area (Å²) < 4.78 is 0. The van der Waals surface area contributed by atoms with Crippen molar-refractivity contribution in [1.29, 1.82) is 0 Å². The second-order valence-electron chi connectivity index (χ2n) is 10.2. The van der Waals surface area contributed by atoms with Crippen LogP contribution in [-0.2, 0) is 9.59 Å². The van der Waals surface area contributed by atoms with Crippen molar-refractivity contribution in [3.05, 3.63) is 0 Å². The van der Waals surface area contributed by atoms with Gasteiger partial charge in [0.2, 0.25) is 0 Å². The Morgan fingerprint density at radius 3 is 2.43 bits per heavy atom. The predicted octanol–water partition coefficient (Wildman–Crippen LogP) is 4.56. The zero-order valence-corrected chi connectivity index (χ0v) is 14.9. The first-order valence-corrected chi connectivity index (χ1v) is 9.85. The molecule has 6 atom stereocenters. The van der Waals surface area contributed by atoms with Gasteiger partial charge in [0, 0.05) is 24.7 Å². The Morgan fingerprint density at radius 1 is 0.870 bits per heavy atom. The monoisotopic (exact) mass is 314 g/mol. The molecule has 0 aromatic heterocycles. The van der Waals surface area contributed by atoms with Crippen molar-refractivity contribution in [2.24, 2.45) is 39.4 Å². The van der Waals surface area contributed by atoms with Crippen LogP contribution in [0.5, 0.6) is 0 Å². The predicted molar refractivity (Wildman–Crippen MR) is 88.8 cm³/mol. The number of hydrogen-bond acceptors (Lipinski definition) is 2. The van der Waals surface area contributed by atoms with Gasteiger partial charge in [-0.25, -0.2) is 0 Å². The third-order valence-electron chi connectivity index (χ3n) is 10.1. The van der Waals surface area contributed by atoms with Crippen LogP contribution in [0.4, 0.5) is 0 Å². The lowest BCUT2D eigenvalue weighted by Gasteiger charge is -2.53. The van der Waals surface area contributed by atoms with E-state index < -0.39 is 0 Å². The Hall–Kier alpha value is -0.660. The van der Waals surface area contributed by atoms with Crippen molar-refractivity contribution in [2.75, 3.05) is 0 Å². The summed E-state index contributed by atoms with van der Waals surface area (Å²) in [6.45, 7) is 7.19. The summed E-state index contributed by atoms with van der Waals surface area (Å²) in [5, 5.41) is 0. The van der Waals surface area contributed by atoms with Gasteiger partial charge in [-0.3, -0.25) is 9.59 Å². The number of carbonyl (C=O) groups is 2. The van der Waals surface area contributed by atoms with Gasteiger partial charge in [-0.2, -0.15) is 0 Å². The van der Waals surface area contributed by atoms with E-state index >= 15 is 0 Å². The van der Waals surface area contributed by atoms with Crippen molar-refractivity contribution in [1.82, 2.24) is 0 Å². The maximum absolute atomic E-state index is 12.5. The maximum Gasteiger partial charge on any atom is 0.139 e. The SMILES string of the molecule is CC1(C)C23CC[C@@H]4[C@H](CC[C@]5(C)C(=O)CC[C@@H]45)C12CCC(=O)C3. The molecular formula is C21H30O2. The minimum absolute atomic E-state index is 0.0126. The zero-order valence-electron chi connectivity index (χ0n) is 14.9. The molecule has 23 heavy (non-hydrogen) atoms. The molecule has 0 saturated heterocycles. The summed E-state index contributed by atoms with van der Waals surface area (Å²) in [6, 6.07) is 0. The van der Waals surface area contributed by atoms with Crippen LogP contribution < -0.4 is 0 Å². The summed E-state index contributed by atoms with van der Waals surface area (Å²) >= 11 is 0. The Morgan fingerprint density at radius 2 is 1.65 bits per heavy atom. The van der Waals surface area contributed by atoms with Crippen molar-refractivity contribution in [2.45, 2.75) is 78.6 Å². The molecule has 5 fully saturated rings. The van der Waals surface area contributed by atoms with Crippen molar-refractivity contribution >= 4 is 11.6 Å². The topological polar surface area (TPSA) is 34.1 Å². The number of rotatable bonds is 0. The molecular weight excluding hydrogens is 284 g/mol. The third-order valence-corrected chi connectivity index (χ3v) is 10.1. The molecule has 0 heterocycles. The molecule has 5 aliphatic carbocycles. The van der Waals surface area contributed by atoms with Crippen LogP contribution in [0.2, 0.25) is 0 Å². The van der Waals surface area contributed by atoms with Gasteiger partial charge in [0.1, 0.15) is 11.6 Å². The van der Waals surface area contributed by atoms with Crippen LogP contribution >= 0.6 is 0 Å². The lowest BCUT2D eigenvalue weighted by molar-refractivity contribution is -0.134. The molecule has 126 valence electrons.